The number of carbonyl (C=O) groups is 1. The monoisotopic (exact) mass is 390 g/mol. The average molecular weight is 390 g/mol. The van der Waals surface area contributed by atoms with Crippen LogP contribution >= 0.6 is 0 Å². The molecule has 1 unspecified atom stereocenters. The molecule has 0 spiro atoms. The summed E-state index contributed by atoms with van der Waals surface area (Å²) in [5.74, 6) is 0.724. The molecule has 0 saturated carbocycles. The predicted molar refractivity (Wildman–Crippen MR) is 110 cm³/mol. The van der Waals surface area contributed by atoms with E-state index in [1.54, 1.807) is 18.6 Å². The van der Waals surface area contributed by atoms with Gasteiger partial charge in [-0.05, 0) is 57.7 Å². The number of carbonyl (C=O) groups excluding carboxylic acids is 1. The Kier molecular flexibility index (Phi) is 5.38. The van der Waals surface area contributed by atoms with E-state index in [1.807, 2.05) is 41.0 Å². The molecule has 150 valence electrons. The zero-order valence-electron chi connectivity index (χ0n) is 17.1. The molecule has 4 rings (SSSR count). The van der Waals surface area contributed by atoms with Crippen LogP contribution in [0.2, 0.25) is 0 Å². The molecule has 0 aromatic carbocycles. The molecule has 0 N–H and O–H groups in total. The second-order valence-corrected chi connectivity index (χ2v) is 7.76. The van der Waals surface area contributed by atoms with Gasteiger partial charge in [0.1, 0.15) is 5.82 Å². The smallest absolute Gasteiger partial charge is 0.257 e. The molecular weight excluding hydrogens is 364 g/mol. The van der Waals surface area contributed by atoms with Crippen LogP contribution in [0.25, 0.3) is 11.1 Å². The molecule has 0 aliphatic carbocycles. The zero-order chi connectivity index (χ0) is 20.4. The molecule has 4 heterocycles. The molecule has 3 aromatic heterocycles. The number of aryl methyl sites for hydroxylation is 1. The summed E-state index contributed by atoms with van der Waals surface area (Å²) in [4.78, 5) is 28.6. The van der Waals surface area contributed by atoms with E-state index in [4.69, 9.17) is 4.98 Å². The largest absolute Gasteiger partial charge is 0.330 e. The summed E-state index contributed by atoms with van der Waals surface area (Å²) < 4.78 is 1.82. The SMILES string of the molecule is Cc1ncc(-c2ccncc2)c(C2CCCCN2C(=O)c2cnn(C(C)C)c2)n1. The fourth-order valence-electron chi connectivity index (χ4n) is 3.85. The summed E-state index contributed by atoms with van der Waals surface area (Å²) in [6, 6.07) is 4.05. The van der Waals surface area contributed by atoms with Gasteiger partial charge in [-0.2, -0.15) is 5.10 Å². The van der Waals surface area contributed by atoms with E-state index >= 15 is 0 Å². The molecule has 29 heavy (non-hydrogen) atoms. The molecule has 0 bridgehead atoms. The van der Waals surface area contributed by atoms with Crippen LogP contribution in [0.3, 0.4) is 0 Å². The van der Waals surface area contributed by atoms with Crippen molar-refractivity contribution in [1.82, 2.24) is 29.6 Å². The van der Waals surface area contributed by atoms with Gasteiger partial charge in [0.15, 0.2) is 0 Å². The summed E-state index contributed by atoms with van der Waals surface area (Å²) in [7, 11) is 0. The molecule has 1 aliphatic heterocycles. The highest BCUT2D eigenvalue weighted by Gasteiger charge is 2.32. The van der Waals surface area contributed by atoms with Crippen LogP contribution < -0.4 is 0 Å². The first kappa shape index (κ1) is 19.2. The maximum absolute atomic E-state index is 13.4. The first-order chi connectivity index (χ1) is 14.0. The van der Waals surface area contributed by atoms with Crippen molar-refractivity contribution in [1.29, 1.82) is 0 Å². The van der Waals surface area contributed by atoms with Gasteiger partial charge < -0.3 is 4.90 Å². The van der Waals surface area contributed by atoms with Crippen molar-refractivity contribution in [3.8, 4) is 11.1 Å². The van der Waals surface area contributed by atoms with Crippen molar-refractivity contribution in [2.75, 3.05) is 6.54 Å². The van der Waals surface area contributed by atoms with Crippen LogP contribution in [0.15, 0.2) is 43.1 Å². The van der Waals surface area contributed by atoms with Crippen LogP contribution in [-0.2, 0) is 0 Å². The second kappa shape index (κ2) is 8.11. The summed E-state index contributed by atoms with van der Waals surface area (Å²) in [6.07, 6.45) is 11.9. The first-order valence-corrected chi connectivity index (χ1v) is 10.1. The van der Waals surface area contributed by atoms with E-state index in [1.165, 1.54) is 0 Å². The Morgan fingerprint density at radius 3 is 2.69 bits per heavy atom. The fourth-order valence-corrected chi connectivity index (χ4v) is 3.85. The number of nitrogens with zero attached hydrogens (tertiary/aromatic N) is 6. The molecule has 0 radical (unpaired) electrons. The Morgan fingerprint density at radius 2 is 1.97 bits per heavy atom. The predicted octanol–water partition coefficient (Wildman–Crippen LogP) is 3.99. The van der Waals surface area contributed by atoms with E-state index in [9.17, 15) is 4.79 Å². The lowest BCUT2D eigenvalue weighted by molar-refractivity contribution is 0.0606. The van der Waals surface area contributed by atoms with Crippen molar-refractivity contribution in [2.24, 2.45) is 0 Å². The third-order valence-corrected chi connectivity index (χ3v) is 5.39. The molecule has 3 aromatic rings. The van der Waals surface area contributed by atoms with Gasteiger partial charge in [0.25, 0.3) is 5.91 Å². The minimum absolute atomic E-state index is 0.0125. The van der Waals surface area contributed by atoms with Crippen LogP contribution in [-0.4, -0.2) is 42.1 Å². The van der Waals surface area contributed by atoms with E-state index in [0.717, 1.165) is 42.6 Å². The normalized spacial score (nSPS) is 17.0. The quantitative estimate of drug-likeness (QED) is 0.673. The van der Waals surface area contributed by atoms with Crippen molar-refractivity contribution in [3.05, 3.63) is 60.2 Å². The highest BCUT2D eigenvalue weighted by atomic mass is 16.2. The number of piperidine rings is 1. The maximum atomic E-state index is 13.4. The molecule has 1 atom stereocenters. The minimum atomic E-state index is -0.0801. The minimum Gasteiger partial charge on any atom is -0.330 e. The Bertz CT molecular complexity index is 998. The van der Waals surface area contributed by atoms with E-state index in [-0.39, 0.29) is 18.0 Å². The Hall–Kier alpha value is -3.09. The van der Waals surface area contributed by atoms with Crippen LogP contribution in [0, 0.1) is 6.92 Å². The van der Waals surface area contributed by atoms with Crippen LogP contribution in [0.1, 0.15) is 67.1 Å². The Labute approximate surface area is 170 Å². The van der Waals surface area contributed by atoms with Gasteiger partial charge in [0.2, 0.25) is 0 Å². The molecule has 7 heteroatoms. The topological polar surface area (TPSA) is 76.8 Å². The van der Waals surface area contributed by atoms with Gasteiger partial charge in [0.05, 0.1) is 23.5 Å². The van der Waals surface area contributed by atoms with Gasteiger partial charge in [0, 0.05) is 42.9 Å². The highest BCUT2D eigenvalue weighted by Crippen LogP contribution is 2.36. The number of hydrogen-bond acceptors (Lipinski definition) is 5. The van der Waals surface area contributed by atoms with Gasteiger partial charge in [-0.3, -0.25) is 14.5 Å². The number of pyridine rings is 1. The lowest BCUT2D eigenvalue weighted by Crippen LogP contribution is -2.39. The number of hydrogen-bond donors (Lipinski definition) is 0. The zero-order valence-corrected chi connectivity index (χ0v) is 17.1. The van der Waals surface area contributed by atoms with Crippen LogP contribution in [0.4, 0.5) is 0 Å². The van der Waals surface area contributed by atoms with Gasteiger partial charge >= 0.3 is 0 Å². The summed E-state index contributed by atoms with van der Waals surface area (Å²) >= 11 is 0. The maximum Gasteiger partial charge on any atom is 0.257 e. The second-order valence-electron chi connectivity index (χ2n) is 7.76. The summed E-state index contributed by atoms with van der Waals surface area (Å²) in [5, 5.41) is 4.35. The number of aromatic nitrogens is 5. The molecule has 1 amide bonds. The number of rotatable bonds is 4. The van der Waals surface area contributed by atoms with Crippen molar-refractivity contribution in [2.45, 2.75) is 52.1 Å². The van der Waals surface area contributed by atoms with Crippen molar-refractivity contribution in [3.63, 3.8) is 0 Å². The lowest BCUT2D eigenvalue weighted by Gasteiger charge is -2.36. The fraction of sp³-hybridized carbons (Fsp3) is 0.409. The molecule has 1 saturated heterocycles. The first-order valence-electron chi connectivity index (χ1n) is 10.1. The van der Waals surface area contributed by atoms with Gasteiger partial charge in [-0.1, -0.05) is 0 Å². The van der Waals surface area contributed by atoms with Gasteiger partial charge in [-0.25, -0.2) is 9.97 Å². The number of amides is 1. The Morgan fingerprint density at radius 1 is 1.17 bits per heavy atom. The highest BCUT2D eigenvalue weighted by molar-refractivity contribution is 5.94. The third kappa shape index (κ3) is 3.90. The summed E-state index contributed by atoms with van der Waals surface area (Å²) in [6.45, 7) is 6.71. The number of likely N-dealkylation sites (tertiary alicyclic amines) is 1. The molecule has 1 fully saturated rings. The van der Waals surface area contributed by atoms with Crippen molar-refractivity contribution >= 4 is 5.91 Å². The lowest BCUT2D eigenvalue weighted by atomic mass is 9.93. The van der Waals surface area contributed by atoms with E-state index in [0.29, 0.717) is 11.4 Å². The molecular formula is C22H26N6O. The molecule has 1 aliphatic rings. The van der Waals surface area contributed by atoms with Gasteiger partial charge in [-0.15, -0.1) is 0 Å². The van der Waals surface area contributed by atoms with E-state index in [2.05, 4.69) is 28.9 Å². The molecule has 7 nitrogen and oxygen atoms in total. The van der Waals surface area contributed by atoms with E-state index < -0.39 is 0 Å². The average Bonchev–Trinajstić information content (AvgIpc) is 3.24. The van der Waals surface area contributed by atoms with Crippen molar-refractivity contribution < 1.29 is 4.79 Å². The standard InChI is InChI=1S/C22H26N6O/c1-15(2)28-14-18(12-25-28)22(29)27-11-5-4-6-20(27)21-19(13-24-16(3)26-21)17-7-9-23-10-8-17/h7-10,12-15,20H,4-6,11H2,1-3H3. The Balaban J connectivity index is 1.73. The third-order valence-electron chi connectivity index (χ3n) is 5.39. The summed E-state index contributed by atoms with van der Waals surface area (Å²) in [5.41, 5.74) is 3.51. The van der Waals surface area contributed by atoms with Crippen LogP contribution in [0.5, 0.6) is 0 Å².